The number of carbonyl (C=O) groups is 2. The van der Waals surface area contributed by atoms with Crippen molar-refractivity contribution in [2.75, 3.05) is 5.01 Å². The number of rotatable bonds is 6. The predicted octanol–water partition coefficient (Wildman–Crippen LogP) is 5.37. The number of anilines is 1. The van der Waals surface area contributed by atoms with Crippen LogP contribution >= 0.6 is 22.5 Å². The van der Waals surface area contributed by atoms with Gasteiger partial charge in [0.25, 0.3) is 5.91 Å². The van der Waals surface area contributed by atoms with E-state index >= 15 is 0 Å². The van der Waals surface area contributed by atoms with E-state index in [-0.39, 0.29) is 38.6 Å². The van der Waals surface area contributed by atoms with Gasteiger partial charge in [-0.3, -0.25) is 9.59 Å². The van der Waals surface area contributed by atoms with Crippen molar-refractivity contribution >= 4 is 51.5 Å². The molecule has 3 aromatic carbocycles. The second-order valence-electron chi connectivity index (χ2n) is 7.64. The van der Waals surface area contributed by atoms with E-state index in [0.717, 1.165) is 11.1 Å². The zero-order valence-electron chi connectivity index (χ0n) is 19.0. The molecule has 37 heavy (non-hydrogen) atoms. The molecule has 0 radical (unpaired) electrons. The van der Waals surface area contributed by atoms with Gasteiger partial charge in [0.05, 0.1) is 10.7 Å². The molecule has 0 fully saturated rings. The van der Waals surface area contributed by atoms with Gasteiger partial charge in [0.2, 0.25) is 11.9 Å². The minimum atomic E-state index is -4.28. The number of hydrogen-bond donors (Lipinski definition) is 5. The lowest BCUT2D eigenvalue weighted by molar-refractivity contribution is -0.117. The lowest BCUT2D eigenvalue weighted by atomic mass is 10.2. The van der Waals surface area contributed by atoms with Crippen molar-refractivity contribution in [3.05, 3.63) is 71.8 Å². The average Bonchev–Trinajstić information content (AvgIpc) is 3.13. The summed E-state index contributed by atoms with van der Waals surface area (Å²) in [5.74, 6) is -1.17. The Bertz CT molecular complexity index is 1410. The Morgan fingerprint density at radius 3 is 2.49 bits per heavy atom. The smallest absolute Gasteiger partial charge is 0.282 e. The van der Waals surface area contributed by atoms with Crippen LogP contribution in [0.3, 0.4) is 0 Å². The highest BCUT2D eigenvalue weighted by atomic mass is 35.5. The number of nitrogens with zero attached hydrogens (tertiary/aromatic N) is 4. The number of phenolic OH excluding ortho intramolecular Hbond substituents is 1. The molecule has 14 heteroatoms. The fourth-order valence-corrected chi connectivity index (χ4v) is 4.12. The molecule has 0 saturated carbocycles. The number of carbonyl (C=O) groups excluding carboxylic acids is 2. The molecule has 1 aliphatic rings. The van der Waals surface area contributed by atoms with Crippen molar-refractivity contribution in [3.63, 3.8) is 0 Å². The lowest BCUT2D eigenvalue weighted by Crippen LogP contribution is -2.38. The van der Waals surface area contributed by atoms with Gasteiger partial charge in [-0.2, -0.15) is 15.2 Å². The maximum atomic E-state index is 13.2. The summed E-state index contributed by atoms with van der Waals surface area (Å²) in [7, 11) is -4.28. The molecule has 12 nitrogen and oxygen atoms in total. The monoisotopic (exact) mass is 545 g/mol. The summed E-state index contributed by atoms with van der Waals surface area (Å²) in [6.07, 6.45) is 0. The van der Waals surface area contributed by atoms with Gasteiger partial charge >= 0.3 is 0 Å². The summed E-state index contributed by atoms with van der Waals surface area (Å²) in [6.45, 7) is 1.22. The molecule has 2 amide bonds. The van der Waals surface area contributed by atoms with E-state index in [4.69, 9.17) is 16.3 Å². The Morgan fingerprint density at radius 2 is 1.84 bits per heavy atom. The third-order valence-electron chi connectivity index (χ3n) is 4.86. The number of phenols is 1. The van der Waals surface area contributed by atoms with Crippen LogP contribution in [-0.4, -0.2) is 42.5 Å². The number of halogens is 1. The Balaban J connectivity index is 1.69. The first kappa shape index (κ1) is 26.1. The minimum Gasteiger partial charge on any atom is -0.508 e. The first-order valence-electron chi connectivity index (χ1n) is 10.5. The summed E-state index contributed by atoms with van der Waals surface area (Å²) in [6, 6.07) is 14.9. The predicted molar refractivity (Wildman–Crippen MR) is 137 cm³/mol. The number of ether oxygens (including phenoxy) is 1. The van der Waals surface area contributed by atoms with Gasteiger partial charge in [-0.05, 0) is 42.5 Å². The van der Waals surface area contributed by atoms with Crippen LogP contribution in [0.2, 0.25) is 5.02 Å². The summed E-state index contributed by atoms with van der Waals surface area (Å²) in [5.41, 5.74) is 0.185. The Morgan fingerprint density at radius 1 is 1.11 bits per heavy atom. The maximum Gasteiger partial charge on any atom is 0.282 e. The molecular formula is C23H20ClN5O7S. The number of para-hydroxylation sites is 1. The van der Waals surface area contributed by atoms with Crippen molar-refractivity contribution in [2.24, 2.45) is 15.3 Å². The number of aromatic hydroxyl groups is 1. The van der Waals surface area contributed by atoms with Crippen LogP contribution in [0.1, 0.15) is 6.92 Å². The summed E-state index contributed by atoms with van der Waals surface area (Å²) < 4.78 is 35.7. The third-order valence-corrected chi connectivity index (χ3v) is 6.08. The van der Waals surface area contributed by atoms with E-state index in [9.17, 15) is 28.4 Å². The summed E-state index contributed by atoms with van der Waals surface area (Å²) >= 11 is 6.04. The quantitative estimate of drug-likeness (QED) is 0.258. The molecule has 0 aromatic heterocycles. The molecule has 192 valence electrons. The van der Waals surface area contributed by atoms with Crippen LogP contribution in [0, 0.1) is 0 Å². The molecule has 3 aromatic rings. The van der Waals surface area contributed by atoms with Gasteiger partial charge in [0.1, 0.15) is 38.7 Å². The van der Waals surface area contributed by atoms with Crippen LogP contribution in [0.25, 0.3) is 0 Å². The molecule has 1 unspecified atom stereocenters. The molecule has 5 N–H and O–H groups in total. The number of hydrazone groups is 1. The van der Waals surface area contributed by atoms with Crippen molar-refractivity contribution in [2.45, 2.75) is 17.9 Å². The normalized spacial score (nSPS) is 16.1. The third kappa shape index (κ3) is 6.04. The second kappa shape index (κ2) is 10.5. The highest BCUT2D eigenvalue weighted by Crippen LogP contribution is 2.51. The first-order chi connectivity index (χ1) is 17.5. The standard InChI is InChI=1S/C23H20ClN5O7S/c1-13(30)25-22-21(27-26-18-9-8-15(31)12-17(18)24)23(32)29(28-22)14-7-10-19(20(11-14)37(33,34)35)36-16-5-3-2-4-6-16/h2-12,21,31,33-35H,1H3,(H,25,28,30). The lowest BCUT2D eigenvalue weighted by Gasteiger charge is -2.24. The van der Waals surface area contributed by atoms with Gasteiger partial charge in [-0.15, -0.1) is 5.10 Å². The van der Waals surface area contributed by atoms with Crippen molar-refractivity contribution in [1.29, 1.82) is 0 Å². The fraction of sp³-hybridized carbons (Fsp3) is 0.0870. The molecule has 0 saturated heterocycles. The molecule has 0 aliphatic carbocycles. The zero-order valence-corrected chi connectivity index (χ0v) is 20.6. The molecule has 1 heterocycles. The molecule has 4 rings (SSSR count). The topological polar surface area (TPSA) is 177 Å². The molecule has 0 spiro atoms. The number of amidine groups is 1. The van der Waals surface area contributed by atoms with E-state index in [0.29, 0.717) is 5.75 Å². The van der Waals surface area contributed by atoms with Gasteiger partial charge < -0.3 is 28.8 Å². The molecule has 1 atom stereocenters. The van der Waals surface area contributed by atoms with Crippen molar-refractivity contribution < 1.29 is 33.1 Å². The van der Waals surface area contributed by atoms with E-state index in [1.165, 1.54) is 37.3 Å². The minimum absolute atomic E-state index is 0.0256. The SMILES string of the molecule is CC(=O)NC1=NN(c2ccc(Oc3ccccc3)c(S(O)(O)O)c2)C(=O)C1N=Nc1ccc(O)cc1Cl. The number of hydrogen-bond acceptors (Lipinski definition) is 10. The number of amides is 2. The van der Waals surface area contributed by atoms with Gasteiger partial charge in [0.15, 0.2) is 5.84 Å². The highest BCUT2D eigenvalue weighted by Gasteiger charge is 2.39. The van der Waals surface area contributed by atoms with Crippen molar-refractivity contribution in [1.82, 2.24) is 5.32 Å². The largest absolute Gasteiger partial charge is 0.508 e. The van der Waals surface area contributed by atoms with Crippen LogP contribution in [0.5, 0.6) is 17.2 Å². The number of azo groups is 1. The summed E-state index contributed by atoms with van der Waals surface area (Å²) in [5, 5.41) is 24.9. The van der Waals surface area contributed by atoms with Gasteiger partial charge in [-0.1, -0.05) is 29.8 Å². The Labute approximate surface area is 217 Å². The maximum absolute atomic E-state index is 13.2. The number of nitrogens with one attached hydrogen (secondary N) is 1. The van der Waals surface area contributed by atoms with Crippen LogP contribution in [0.15, 0.2) is 87.0 Å². The average molecular weight is 546 g/mol. The van der Waals surface area contributed by atoms with Crippen LogP contribution in [-0.2, 0) is 9.59 Å². The Hall–Kier alpha value is -4.01. The van der Waals surface area contributed by atoms with Gasteiger partial charge in [0, 0.05) is 13.0 Å². The first-order valence-corrected chi connectivity index (χ1v) is 12.4. The molecule has 0 bridgehead atoms. The Kier molecular flexibility index (Phi) is 7.42. The van der Waals surface area contributed by atoms with E-state index in [1.54, 1.807) is 30.3 Å². The highest BCUT2D eigenvalue weighted by molar-refractivity contribution is 8.19. The molecular weight excluding hydrogens is 526 g/mol. The van der Waals surface area contributed by atoms with Crippen molar-refractivity contribution in [3.8, 4) is 17.2 Å². The fourth-order valence-electron chi connectivity index (χ4n) is 3.25. The summed E-state index contributed by atoms with van der Waals surface area (Å²) in [4.78, 5) is 24.5. The van der Waals surface area contributed by atoms with Gasteiger partial charge in [-0.25, -0.2) is 0 Å². The van der Waals surface area contributed by atoms with Crippen LogP contribution < -0.4 is 15.1 Å². The van der Waals surface area contributed by atoms with E-state index in [2.05, 4.69) is 20.6 Å². The zero-order chi connectivity index (χ0) is 26.7. The van der Waals surface area contributed by atoms with E-state index < -0.39 is 28.7 Å². The van der Waals surface area contributed by atoms with Crippen LogP contribution in [0.4, 0.5) is 11.4 Å². The second-order valence-corrected chi connectivity index (χ2v) is 9.52. The number of benzene rings is 3. The van der Waals surface area contributed by atoms with E-state index in [1.807, 2.05) is 0 Å². The molecule has 1 aliphatic heterocycles.